The van der Waals surface area contributed by atoms with Gasteiger partial charge in [0, 0.05) is 0 Å². The van der Waals surface area contributed by atoms with Crippen LogP contribution in [-0.2, 0) is 9.53 Å². The van der Waals surface area contributed by atoms with Gasteiger partial charge in [-0.15, -0.1) is 0 Å². The van der Waals surface area contributed by atoms with E-state index in [0.717, 1.165) is 12.8 Å². The van der Waals surface area contributed by atoms with Crippen molar-refractivity contribution in [1.82, 2.24) is 4.98 Å². The lowest BCUT2D eigenvalue weighted by atomic mass is 10.2. The van der Waals surface area contributed by atoms with Crippen LogP contribution in [0.1, 0.15) is 19.8 Å². The van der Waals surface area contributed by atoms with Crippen LogP contribution in [-0.4, -0.2) is 23.1 Å². The first-order chi connectivity index (χ1) is 8.06. The van der Waals surface area contributed by atoms with Crippen LogP contribution >= 0.6 is 15.9 Å². The number of carbonyl (C=O) groups is 1. The van der Waals surface area contributed by atoms with Gasteiger partial charge in [0.1, 0.15) is 11.9 Å². The first-order valence-electron chi connectivity index (χ1n) is 5.43. The van der Waals surface area contributed by atoms with Gasteiger partial charge in [0.05, 0.1) is 22.5 Å². The summed E-state index contributed by atoms with van der Waals surface area (Å²) in [5.74, 6) is 0.305. The van der Waals surface area contributed by atoms with Gasteiger partial charge in [-0.25, -0.2) is 4.98 Å². The highest BCUT2D eigenvalue weighted by Crippen LogP contribution is 2.24. The van der Waals surface area contributed by atoms with Crippen LogP contribution in [0.4, 0.5) is 11.5 Å². The Labute approximate surface area is 108 Å². The Kier molecular flexibility index (Phi) is 3.63. The Balaban J connectivity index is 2.03. The number of anilines is 2. The molecule has 1 amide bonds. The molecule has 1 aromatic heterocycles. The van der Waals surface area contributed by atoms with Gasteiger partial charge in [0.2, 0.25) is 0 Å². The Hall–Kier alpha value is -1.14. The van der Waals surface area contributed by atoms with Gasteiger partial charge in [-0.2, -0.15) is 0 Å². The predicted molar refractivity (Wildman–Crippen MR) is 68.5 cm³/mol. The number of ether oxygens (including phenoxy) is 1. The zero-order valence-corrected chi connectivity index (χ0v) is 11.0. The first kappa shape index (κ1) is 12.3. The van der Waals surface area contributed by atoms with Crippen molar-refractivity contribution in [2.24, 2.45) is 0 Å². The van der Waals surface area contributed by atoms with Crippen molar-refractivity contribution < 1.29 is 9.53 Å². The smallest absolute Gasteiger partial charge is 0.254 e. The number of pyridine rings is 1. The molecule has 1 fully saturated rings. The molecule has 2 heterocycles. The zero-order chi connectivity index (χ0) is 12.4. The van der Waals surface area contributed by atoms with E-state index in [4.69, 9.17) is 10.5 Å². The summed E-state index contributed by atoms with van der Waals surface area (Å²) in [6, 6.07) is 1.70. The number of aromatic nitrogens is 1. The monoisotopic (exact) mass is 299 g/mol. The molecule has 0 bridgehead atoms. The third kappa shape index (κ3) is 2.95. The highest BCUT2D eigenvalue weighted by atomic mass is 79.9. The van der Waals surface area contributed by atoms with Crippen LogP contribution in [0, 0.1) is 0 Å². The Bertz CT molecular complexity index is 439. The SMILES string of the molecule is CC1CCC(C(=O)Nc2ncc(N)cc2Br)O1. The quantitative estimate of drug-likeness (QED) is 0.875. The van der Waals surface area contributed by atoms with Crippen LogP contribution in [0.5, 0.6) is 0 Å². The Morgan fingerprint density at radius 1 is 1.65 bits per heavy atom. The van der Waals surface area contributed by atoms with Gasteiger partial charge in [0.25, 0.3) is 5.91 Å². The topological polar surface area (TPSA) is 77.2 Å². The fourth-order valence-electron chi connectivity index (χ4n) is 1.74. The second-order valence-electron chi connectivity index (χ2n) is 4.10. The molecule has 0 saturated carbocycles. The largest absolute Gasteiger partial charge is 0.397 e. The summed E-state index contributed by atoms with van der Waals surface area (Å²) in [5, 5.41) is 2.72. The Morgan fingerprint density at radius 3 is 3.00 bits per heavy atom. The van der Waals surface area contributed by atoms with Crippen LogP contribution in [0.3, 0.4) is 0 Å². The van der Waals surface area contributed by atoms with Crippen LogP contribution in [0.2, 0.25) is 0 Å². The Morgan fingerprint density at radius 2 is 2.41 bits per heavy atom. The average molecular weight is 300 g/mol. The first-order valence-corrected chi connectivity index (χ1v) is 6.23. The van der Waals surface area contributed by atoms with E-state index in [1.54, 1.807) is 6.07 Å². The number of nitrogen functional groups attached to an aromatic ring is 1. The molecule has 1 saturated heterocycles. The van der Waals surface area contributed by atoms with E-state index in [1.165, 1.54) is 6.20 Å². The summed E-state index contributed by atoms with van der Waals surface area (Å²) in [5.41, 5.74) is 6.11. The summed E-state index contributed by atoms with van der Waals surface area (Å²) in [6.07, 6.45) is 2.93. The molecule has 1 aromatic rings. The van der Waals surface area contributed by atoms with E-state index in [1.807, 2.05) is 6.92 Å². The predicted octanol–water partition coefficient (Wildman–Crippen LogP) is 1.93. The van der Waals surface area contributed by atoms with Crippen LogP contribution < -0.4 is 11.1 Å². The number of hydrogen-bond acceptors (Lipinski definition) is 4. The number of nitrogens with two attached hydrogens (primary N) is 1. The molecule has 1 aliphatic heterocycles. The van der Waals surface area contributed by atoms with Gasteiger partial charge in [-0.3, -0.25) is 4.79 Å². The lowest BCUT2D eigenvalue weighted by Gasteiger charge is -2.12. The number of hydrogen-bond donors (Lipinski definition) is 2. The van der Waals surface area contributed by atoms with E-state index < -0.39 is 0 Å². The van der Waals surface area contributed by atoms with Crippen molar-refractivity contribution in [2.45, 2.75) is 32.0 Å². The molecule has 3 N–H and O–H groups in total. The molecule has 1 aliphatic rings. The summed E-state index contributed by atoms with van der Waals surface area (Å²) in [6.45, 7) is 1.96. The zero-order valence-electron chi connectivity index (χ0n) is 9.44. The van der Waals surface area contributed by atoms with Gasteiger partial charge >= 0.3 is 0 Å². The third-order valence-electron chi connectivity index (χ3n) is 2.63. The van der Waals surface area contributed by atoms with E-state index >= 15 is 0 Å². The second kappa shape index (κ2) is 5.01. The number of rotatable bonds is 2. The highest BCUT2D eigenvalue weighted by Gasteiger charge is 2.28. The van der Waals surface area contributed by atoms with Crippen molar-refractivity contribution in [2.75, 3.05) is 11.1 Å². The van der Waals surface area contributed by atoms with E-state index in [9.17, 15) is 4.79 Å². The minimum atomic E-state index is -0.378. The van der Waals surface area contributed by atoms with Gasteiger partial charge in [0.15, 0.2) is 0 Å². The molecule has 0 aliphatic carbocycles. The number of nitrogens with one attached hydrogen (secondary N) is 1. The van der Waals surface area contributed by atoms with Crippen LogP contribution in [0.25, 0.3) is 0 Å². The second-order valence-corrected chi connectivity index (χ2v) is 4.96. The molecular formula is C11H14BrN3O2. The number of halogens is 1. The van der Waals surface area contributed by atoms with Crippen LogP contribution in [0.15, 0.2) is 16.7 Å². The number of carbonyl (C=O) groups excluding carboxylic acids is 1. The van der Waals surface area contributed by atoms with E-state index in [-0.39, 0.29) is 18.1 Å². The molecular weight excluding hydrogens is 286 g/mol. The molecule has 2 atom stereocenters. The van der Waals surface area contributed by atoms with Crippen molar-refractivity contribution >= 4 is 33.3 Å². The lowest BCUT2D eigenvalue weighted by molar-refractivity contribution is -0.126. The van der Waals surface area contributed by atoms with Crippen molar-refractivity contribution in [3.05, 3.63) is 16.7 Å². The van der Waals surface area contributed by atoms with Gasteiger partial charge in [-0.05, 0) is 41.8 Å². The van der Waals surface area contributed by atoms with Crippen molar-refractivity contribution in [1.29, 1.82) is 0 Å². The number of amides is 1. The normalized spacial score (nSPS) is 23.6. The maximum Gasteiger partial charge on any atom is 0.254 e. The third-order valence-corrected chi connectivity index (χ3v) is 3.23. The highest BCUT2D eigenvalue weighted by molar-refractivity contribution is 9.10. The molecule has 0 aromatic carbocycles. The summed E-state index contributed by atoms with van der Waals surface area (Å²) >= 11 is 3.30. The molecule has 0 spiro atoms. The summed E-state index contributed by atoms with van der Waals surface area (Å²) in [7, 11) is 0. The molecule has 92 valence electrons. The number of nitrogens with zero attached hydrogens (tertiary/aromatic N) is 1. The molecule has 5 nitrogen and oxygen atoms in total. The molecule has 0 radical (unpaired) electrons. The minimum Gasteiger partial charge on any atom is -0.397 e. The van der Waals surface area contributed by atoms with Crippen molar-refractivity contribution in [3.8, 4) is 0 Å². The molecule has 6 heteroatoms. The van der Waals surface area contributed by atoms with E-state index in [0.29, 0.717) is 16.0 Å². The maximum absolute atomic E-state index is 11.9. The van der Waals surface area contributed by atoms with E-state index in [2.05, 4.69) is 26.2 Å². The van der Waals surface area contributed by atoms with Gasteiger partial charge in [-0.1, -0.05) is 0 Å². The summed E-state index contributed by atoms with van der Waals surface area (Å²) in [4.78, 5) is 15.9. The fourth-order valence-corrected chi connectivity index (χ4v) is 2.20. The standard InChI is InChI=1S/C11H14BrN3O2/c1-6-2-3-9(17-6)11(16)15-10-8(12)4-7(13)5-14-10/h4-6,9H,2-3,13H2,1H3,(H,14,15,16). The summed E-state index contributed by atoms with van der Waals surface area (Å²) < 4.78 is 6.14. The molecule has 17 heavy (non-hydrogen) atoms. The maximum atomic E-state index is 11.9. The lowest BCUT2D eigenvalue weighted by Crippen LogP contribution is -2.28. The van der Waals surface area contributed by atoms with Gasteiger partial charge < -0.3 is 15.8 Å². The van der Waals surface area contributed by atoms with Crippen molar-refractivity contribution in [3.63, 3.8) is 0 Å². The average Bonchev–Trinajstić information content (AvgIpc) is 2.69. The minimum absolute atomic E-state index is 0.147. The fraction of sp³-hybridized carbons (Fsp3) is 0.455. The molecule has 2 unspecified atom stereocenters. The molecule has 2 rings (SSSR count).